The Morgan fingerprint density at radius 1 is 0.261 bits per heavy atom. The van der Waals surface area contributed by atoms with Gasteiger partial charge < -0.3 is 9.64 Å². The maximum absolute atomic E-state index is 6.68. The summed E-state index contributed by atoms with van der Waals surface area (Å²) in [4.78, 5) is 2.47. The second kappa shape index (κ2) is 16.0. The third-order valence-corrected chi connectivity index (χ3v) is 15.2. The largest absolute Gasteiger partial charge is 0.456 e. The molecule has 1 aliphatic heterocycles. The van der Waals surface area contributed by atoms with Gasteiger partial charge in [0.25, 0.3) is 0 Å². The predicted octanol–water partition coefficient (Wildman–Crippen LogP) is 19.5. The zero-order valence-corrected chi connectivity index (χ0v) is 38.3. The van der Waals surface area contributed by atoms with Crippen molar-refractivity contribution >= 4 is 102 Å². The van der Waals surface area contributed by atoms with Crippen molar-refractivity contribution < 1.29 is 4.74 Å². The van der Waals surface area contributed by atoms with Crippen LogP contribution in [0.3, 0.4) is 0 Å². The first-order valence-electron chi connectivity index (χ1n) is 23.6. The highest BCUT2D eigenvalue weighted by Gasteiger charge is 2.24. The summed E-state index contributed by atoms with van der Waals surface area (Å²) >= 11 is 1.87. The fraction of sp³-hybridized carbons (Fsp3) is 0. The van der Waals surface area contributed by atoms with Crippen LogP contribution in [0.25, 0.3) is 107 Å². The van der Waals surface area contributed by atoms with Crippen LogP contribution in [0.5, 0.6) is 11.5 Å². The monoisotopic (exact) mass is 895 g/mol. The second-order valence-electron chi connectivity index (χ2n) is 17.9. The van der Waals surface area contributed by atoms with E-state index in [4.69, 9.17) is 4.74 Å². The Morgan fingerprint density at radius 2 is 0.725 bits per heavy atom. The van der Waals surface area contributed by atoms with Gasteiger partial charge >= 0.3 is 0 Å². The first kappa shape index (κ1) is 39.4. The van der Waals surface area contributed by atoms with Crippen LogP contribution in [-0.2, 0) is 0 Å². The van der Waals surface area contributed by atoms with Crippen molar-refractivity contribution in [1.29, 1.82) is 0 Å². The van der Waals surface area contributed by atoms with E-state index < -0.39 is 0 Å². The number of hydrogen-bond donors (Lipinski definition) is 0. The molecule has 0 unspecified atom stereocenters. The van der Waals surface area contributed by atoms with Crippen LogP contribution >= 0.6 is 11.3 Å². The SMILES string of the molecule is c1ccc(-c2ccccc2N(c2ccc3c(c2)-c2ccccc2Oc2ccccc2-3)c2ccc3c4ccccc4c4ccccc4c4ccccc4c4cc5sc6ccccc6c5cc4c3c2)cc1. The van der Waals surface area contributed by atoms with E-state index in [1.165, 1.54) is 74.0 Å². The molecule has 0 amide bonds. The van der Waals surface area contributed by atoms with Crippen LogP contribution in [0.15, 0.2) is 249 Å². The van der Waals surface area contributed by atoms with Crippen molar-refractivity contribution in [2.45, 2.75) is 0 Å². The molecular weight excluding hydrogens is 855 g/mol. The fourth-order valence-electron chi connectivity index (χ4n) is 11.0. The average molecular weight is 896 g/mol. The quantitative estimate of drug-likeness (QED) is 0.175. The molecule has 1 aromatic heterocycles. The molecule has 0 saturated heterocycles. The van der Waals surface area contributed by atoms with Crippen LogP contribution < -0.4 is 9.64 Å². The Morgan fingerprint density at radius 3 is 1.39 bits per heavy atom. The molecule has 322 valence electrons. The van der Waals surface area contributed by atoms with Gasteiger partial charge in [-0.15, -0.1) is 11.3 Å². The van der Waals surface area contributed by atoms with Gasteiger partial charge in [-0.3, -0.25) is 0 Å². The molecule has 14 rings (SSSR count). The zero-order valence-electron chi connectivity index (χ0n) is 37.4. The Bertz CT molecular complexity index is 4300. The van der Waals surface area contributed by atoms with Crippen LogP contribution in [0.1, 0.15) is 0 Å². The van der Waals surface area contributed by atoms with Gasteiger partial charge in [0, 0.05) is 48.2 Å². The molecular formula is C66H41NOS. The van der Waals surface area contributed by atoms with Gasteiger partial charge in [-0.05, 0) is 131 Å². The van der Waals surface area contributed by atoms with Gasteiger partial charge in [-0.25, -0.2) is 0 Å². The summed E-state index contributed by atoms with van der Waals surface area (Å²) in [6.45, 7) is 0. The Labute approximate surface area is 403 Å². The molecule has 2 heterocycles. The minimum absolute atomic E-state index is 0.842. The highest BCUT2D eigenvalue weighted by atomic mass is 32.1. The lowest BCUT2D eigenvalue weighted by Gasteiger charge is -2.29. The Balaban J connectivity index is 1.16. The van der Waals surface area contributed by atoms with E-state index in [1.54, 1.807) is 0 Å². The molecule has 69 heavy (non-hydrogen) atoms. The number of anilines is 3. The van der Waals surface area contributed by atoms with Crippen molar-refractivity contribution in [3.05, 3.63) is 249 Å². The van der Waals surface area contributed by atoms with E-state index in [-0.39, 0.29) is 0 Å². The summed E-state index contributed by atoms with van der Waals surface area (Å²) in [6, 6.07) is 91.2. The summed E-state index contributed by atoms with van der Waals surface area (Å²) in [5, 5.41) is 14.6. The summed E-state index contributed by atoms with van der Waals surface area (Å²) in [6.07, 6.45) is 0. The van der Waals surface area contributed by atoms with Crippen molar-refractivity contribution in [3.8, 4) is 44.9 Å². The Kier molecular flexibility index (Phi) is 9.11. The molecule has 0 saturated carbocycles. The zero-order chi connectivity index (χ0) is 45.4. The van der Waals surface area contributed by atoms with E-state index in [1.807, 2.05) is 17.4 Å². The fourth-order valence-corrected chi connectivity index (χ4v) is 12.1. The lowest BCUT2D eigenvalue weighted by Crippen LogP contribution is -2.11. The van der Waals surface area contributed by atoms with E-state index in [9.17, 15) is 0 Å². The lowest BCUT2D eigenvalue weighted by molar-refractivity contribution is 0.488. The van der Waals surface area contributed by atoms with Gasteiger partial charge in [0.1, 0.15) is 11.5 Å². The van der Waals surface area contributed by atoms with Crippen LogP contribution in [0.4, 0.5) is 17.1 Å². The summed E-state index contributed by atoms with van der Waals surface area (Å²) in [5.74, 6) is 1.70. The highest BCUT2D eigenvalue weighted by Crippen LogP contribution is 2.51. The molecule has 0 N–H and O–H groups in total. The minimum Gasteiger partial charge on any atom is -0.456 e. The molecule has 0 radical (unpaired) electrons. The minimum atomic E-state index is 0.842. The van der Waals surface area contributed by atoms with Gasteiger partial charge in [-0.1, -0.05) is 188 Å². The van der Waals surface area contributed by atoms with E-state index >= 15 is 0 Å². The molecule has 3 heteroatoms. The topological polar surface area (TPSA) is 12.5 Å². The number of nitrogens with zero attached hydrogens (tertiary/aromatic N) is 1. The standard InChI is InChI=1S/C66H41NOS/c1-2-18-42(19-3-1)45-20-10-14-30-62(45)67(43-35-37-53-54-27-11-15-31-63(54)68-64-32-16-12-28-55(64)57(53)38-43)44-34-36-52-50-25-7-6-23-48(50)46-21-4-5-22-47(46)49-24-8-9-26-51(49)60-41-66-61(40-59(60)58(52)39-44)56-29-13-17-33-65(56)69-66/h1-41H. The number of thiophene rings is 1. The normalized spacial score (nSPS) is 11.9. The Hall–Kier alpha value is -8.76. The third-order valence-electron chi connectivity index (χ3n) is 14.1. The molecule has 13 aromatic rings. The van der Waals surface area contributed by atoms with Gasteiger partial charge in [0.05, 0.1) is 5.69 Å². The molecule has 0 bridgehead atoms. The number of ether oxygens (including phenoxy) is 1. The molecule has 1 aliphatic rings. The van der Waals surface area contributed by atoms with Crippen molar-refractivity contribution in [2.75, 3.05) is 4.90 Å². The molecule has 0 fully saturated rings. The molecule has 12 aromatic carbocycles. The maximum Gasteiger partial charge on any atom is 0.135 e. The van der Waals surface area contributed by atoms with Gasteiger partial charge in [0.2, 0.25) is 0 Å². The van der Waals surface area contributed by atoms with Crippen LogP contribution in [0.2, 0.25) is 0 Å². The lowest BCUT2D eigenvalue weighted by atomic mass is 9.92. The highest BCUT2D eigenvalue weighted by molar-refractivity contribution is 7.25. The number of rotatable bonds is 4. The summed E-state index contributed by atoms with van der Waals surface area (Å²) < 4.78 is 9.25. The number of fused-ring (bicyclic) bond motifs is 18. The molecule has 2 nitrogen and oxygen atoms in total. The number of para-hydroxylation sites is 3. The molecule has 0 spiro atoms. The van der Waals surface area contributed by atoms with Crippen molar-refractivity contribution in [2.24, 2.45) is 0 Å². The predicted molar refractivity (Wildman–Crippen MR) is 296 cm³/mol. The van der Waals surface area contributed by atoms with Crippen LogP contribution in [-0.4, -0.2) is 0 Å². The molecule has 0 aliphatic carbocycles. The van der Waals surface area contributed by atoms with Gasteiger partial charge in [0.15, 0.2) is 0 Å². The average Bonchev–Trinajstić information content (AvgIpc) is 3.72. The first-order valence-corrected chi connectivity index (χ1v) is 24.4. The van der Waals surface area contributed by atoms with Crippen molar-refractivity contribution in [3.63, 3.8) is 0 Å². The second-order valence-corrected chi connectivity index (χ2v) is 19.0. The van der Waals surface area contributed by atoms with Crippen LogP contribution in [0, 0.1) is 0 Å². The van der Waals surface area contributed by atoms with E-state index in [2.05, 4.69) is 248 Å². The van der Waals surface area contributed by atoms with Crippen molar-refractivity contribution in [1.82, 2.24) is 0 Å². The number of benzene rings is 11. The third kappa shape index (κ3) is 6.39. The summed E-state index contributed by atoms with van der Waals surface area (Å²) in [7, 11) is 0. The first-order chi connectivity index (χ1) is 34.2. The summed E-state index contributed by atoms with van der Waals surface area (Å²) in [5.41, 5.74) is 9.87. The smallest absolute Gasteiger partial charge is 0.135 e. The van der Waals surface area contributed by atoms with E-state index in [0.717, 1.165) is 61.9 Å². The van der Waals surface area contributed by atoms with Gasteiger partial charge in [-0.2, -0.15) is 0 Å². The molecule has 0 atom stereocenters. The maximum atomic E-state index is 6.68. The number of hydrogen-bond acceptors (Lipinski definition) is 3. The van der Waals surface area contributed by atoms with E-state index in [0.29, 0.717) is 0 Å².